The van der Waals surface area contributed by atoms with Gasteiger partial charge in [0.25, 0.3) is 11.5 Å². The highest BCUT2D eigenvalue weighted by Crippen LogP contribution is 2.34. The molecule has 1 fully saturated rings. The van der Waals surface area contributed by atoms with E-state index in [0.29, 0.717) is 32.5 Å². The van der Waals surface area contributed by atoms with Crippen molar-refractivity contribution >= 4 is 62.5 Å². The summed E-state index contributed by atoms with van der Waals surface area (Å²) >= 11 is 4.02. The zero-order chi connectivity index (χ0) is 25.4. The minimum absolute atomic E-state index is 0.139. The van der Waals surface area contributed by atoms with Crippen molar-refractivity contribution in [2.45, 2.75) is 31.1 Å². The van der Waals surface area contributed by atoms with Gasteiger partial charge in [-0.1, -0.05) is 48.2 Å². The van der Waals surface area contributed by atoms with E-state index in [1.165, 1.54) is 15.9 Å². The summed E-state index contributed by atoms with van der Waals surface area (Å²) in [4.78, 5) is 57.7. The Morgan fingerprint density at radius 3 is 2.61 bits per heavy atom. The lowest BCUT2D eigenvalue weighted by Crippen LogP contribution is -2.48. The van der Waals surface area contributed by atoms with Crippen molar-refractivity contribution in [3.05, 3.63) is 69.1 Å². The number of fused-ring (bicyclic) bond motifs is 1. The number of amides is 4. The Hall–Kier alpha value is -3.48. The van der Waals surface area contributed by atoms with Crippen LogP contribution in [-0.2, 0) is 21.7 Å². The van der Waals surface area contributed by atoms with Gasteiger partial charge in [0.1, 0.15) is 10.4 Å². The third-order valence-corrected chi connectivity index (χ3v) is 8.62. The largest absolute Gasteiger partial charge is 0.344 e. The average Bonchev–Trinajstić information content (AvgIpc) is 3.60. The monoisotopic (exact) mass is 539 g/mol. The molecule has 12 heteroatoms. The molecule has 0 radical (unpaired) electrons. The minimum atomic E-state index is -1.28. The normalized spacial score (nSPS) is 17.6. The van der Waals surface area contributed by atoms with E-state index in [-0.39, 0.29) is 11.3 Å². The molecule has 1 atom stereocenters. The fourth-order valence-electron chi connectivity index (χ4n) is 4.00. The number of nitrogens with one attached hydrogen (secondary N) is 2. The number of rotatable bonds is 7. The summed E-state index contributed by atoms with van der Waals surface area (Å²) in [6, 6.07) is 12.0. The van der Waals surface area contributed by atoms with Crippen molar-refractivity contribution in [2.75, 3.05) is 5.75 Å². The molecule has 36 heavy (non-hydrogen) atoms. The number of imide groups is 1. The molecule has 3 aromatic heterocycles. The molecule has 2 N–H and O–H groups in total. The number of thioether (sulfide) groups is 1. The second-order valence-corrected chi connectivity index (χ2v) is 10.9. The van der Waals surface area contributed by atoms with Gasteiger partial charge in [-0.15, -0.1) is 22.7 Å². The number of nitrogens with zero attached hydrogens (tertiary/aromatic N) is 3. The van der Waals surface area contributed by atoms with E-state index in [4.69, 9.17) is 0 Å². The molecule has 0 bridgehead atoms. The lowest BCUT2D eigenvalue weighted by atomic mass is 9.92. The maximum absolute atomic E-state index is 13.3. The van der Waals surface area contributed by atoms with E-state index in [0.717, 1.165) is 22.2 Å². The number of benzene rings is 1. The molecule has 4 aromatic rings. The van der Waals surface area contributed by atoms with Crippen molar-refractivity contribution in [3.8, 4) is 10.4 Å². The second-order valence-electron chi connectivity index (χ2n) is 8.14. The van der Waals surface area contributed by atoms with Gasteiger partial charge in [-0.05, 0) is 30.9 Å². The molecular formula is C24H21N5O4S3. The molecule has 184 valence electrons. The van der Waals surface area contributed by atoms with Gasteiger partial charge < -0.3 is 5.32 Å². The first-order valence-electron chi connectivity index (χ1n) is 11.0. The van der Waals surface area contributed by atoms with E-state index in [1.807, 2.05) is 35.9 Å². The van der Waals surface area contributed by atoms with Gasteiger partial charge in [-0.2, -0.15) is 5.01 Å². The van der Waals surface area contributed by atoms with Gasteiger partial charge in [0.15, 0.2) is 5.16 Å². The summed E-state index contributed by atoms with van der Waals surface area (Å²) in [5, 5.41) is 8.20. The Balaban J connectivity index is 1.33. The van der Waals surface area contributed by atoms with Gasteiger partial charge in [0.2, 0.25) is 5.91 Å². The van der Waals surface area contributed by atoms with Crippen LogP contribution in [0.4, 0.5) is 4.79 Å². The summed E-state index contributed by atoms with van der Waals surface area (Å²) in [7, 11) is 0. The smallest absolute Gasteiger partial charge is 0.318 e. The summed E-state index contributed by atoms with van der Waals surface area (Å²) < 4.78 is 1.53. The predicted octanol–water partition coefficient (Wildman–Crippen LogP) is 3.80. The van der Waals surface area contributed by atoms with Crippen LogP contribution in [0.25, 0.3) is 20.7 Å². The number of hydrogen-bond donors (Lipinski definition) is 2. The topological polar surface area (TPSA) is 113 Å². The average molecular weight is 540 g/mol. The minimum Gasteiger partial charge on any atom is -0.318 e. The Bertz CT molecular complexity index is 1530. The fourth-order valence-corrected chi connectivity index (χ4v) is 6.66. The Labute approximate surface area is 218 Å². The molecule has 9 nitrogen and oxygen atoms in total. The standard InChI is InChI=1S/C24H21N5O4S3/c1-3-28-20(31)18-15(16-10-7-11-34-16)12-35-19(18)25-23(28)36-13-17(30)27-29-21(32)24(2,26-22(29)33)14-8-5-4-6-9-14/h4-12H,3,13H2,1-2H3,(H,26,33)(H,27,30). The fraction of sp³-hybridized carbons (Fsp3) is 0.208. The number of carbonyl (C=O) groups is 3. The van der Waals surface area contributed by atoms with E-state index in [2.05, 4.69) is 15.7 Å². The van der Waals surface area contributed by atoms with Crippen molar-refractivity contribution in [2.24, 2.45) is 0 Å². The van der Waals surface area contributed by atoms with E-state index >= 15 is 0 Å². The predicted molar refractivity (Wildman–Crippen MR) is 141 cm³/mol. The lowest BCUT2D eigenvalue weighted by molar-refractivity contribution is -0.138. The zero-order valence-electron chi connectivity index (χ0n) is 19.3. The maximum atomic E-state index is 13.3. The van der Waals surface area contributed by atoms with Gasteiger partial charge >= 0.3 is 6.03 Å². The van der Waals surface area contributed by atoms with E-state index in [1.54, 1.807) is 42.5 Å². The molecule has 1 aliphatic heterocycles. The highest BCUT2D eigenvalue weighted by atomic mass is 32.2. The molecule has 0 aliphatic carbocycles. The van der Waals surface area contributed by atoms with Crippen LogP contribution in [0.1, 0.15) is 19.4 Å². The third kappa shape index (κ3) is 4.10. The van der Waals surface area contributed by atoms with Gasteiger partial charge in [-0.3, -0.25) is 24.4 Å². The number of carbonyl (C=O) groups excluding carboxylic acids is 3. The number of hydrazine groups is 1. The van der Waals surface area contributed by atoms with Crippen LogP contribution in [0.5, 0.6) is 0 Å². The van der Waals surface area contributed by atoms with Crippen LogP contribution < -0.4 is 16.3 Å². The van der Waals surface area contributed by atoms with Gasteiger partial charge in [0, 0.05) is 22.4 Å². The van der Waals surface area contributed by atoms with Crippen LogP contribution in [-0.4, -0.2) is 38.2 Å². The molecule has 1 saturated heterocycles. The van der Waals surface area contributed by atoms with Crippen molar-refractivity contribution < 1.29 is 14.4 Å². The highest BCUT2D eigenvalue weighted by molar-refractivity contribution is 7.99. The molecule has 4 amide bonds. The van der Waals surface area contributed by atoms with Crippen molar-refractivity contribution in [1.29, 1.82) is 0 Å². The summed E-state index contributed by atoms with van der Waals surface area (Å²) in [6.07, 6.45) is 0. The summed E-state index contributed by atoms with van der Waals surface area (Å²) in [5.41, 5.74) is 2.41. The third-order valence-electron chi connectivity index (χ3n) is 5.87. The van der Waals surface area contributed by atoms with E-state index < -0.39 is 23.4 Å². The first kappa shape index (κ1) is 24.2. The number of thiophene rings is 2. The molecule has 1 aliphatic rings. The molecule has 1 aromatic carbocycles. The molecule has 5 rings (SSSR count). The summed E-state index contributed by atoms with van der Waals surface area (Å²) in [6.45, 7) is 3.82. The van der Waals surface area contributed by atoms with Crippen LogP contribution >= 0.6 is 34.4 Å². The first-order chi connectivity index (χ1) is 17.3. The van der Waals surface area contributed by atoms with Gasteiger partial charge in [-0.25, -0.2) is 9.78 Å². The molecule has 1 unspecified atom stereocenters. The molecule has 4 heterocycles. The van der Waals surface area contributed by atoms with Crippen LogP contribution in [0.2, 0.25) is 0 Å². The quantitative estimate of drug-likeness (QED) is 0.210. The number of urea groups is 1. The second kappa shape index (κ2) is 9.52. The Kier molecular flexibility index (Phi) is 6.41. The Morgan fingerprint density at radius 1 is 1.14 bits per heavy atom. The zero-order valence-corrected chi connectivity index (χ0v) is 21.8. The molecule has 0 spiro atoms. The number of hydrogen-bond acceptors (Lipinski definition) is 8. The van der Waals surface area contributed by atoms with Gasteiger partial charge in [0.05, 0.1) is 11.1 Å². The van der Waals surface area contributed by atoms with Crippen LogP contribution in [0, 0.1) is 0 Å². The first-order valence-corrected chi connectivity index (χ1v) is 13.8. The SMILES string of the molecule is CCn1c(SCC(=O)NN2C(=O)NC(C)(c3ccccc3)C2=O)nc2scc(-c3cccs3)c2c1=O. The molecular weight excluding hydrogens is 518 g/mol. The van der Waals surface area contributed by atoms with E-state index in [9.17, 15) is 19.2 Å². The van der Waals surface area contributed by atoms with Crippen molar-refractivity contribution in [3.63, 3.8) is 0 Å². The highest BCUT2D eigenvalue weighted by Gasteiger charge is 2.49. The van der Waals surface area contributed by atoms with Crippen LogP contribution in [0.15, 0.2) is 63.2 Å². The lowest BCUT2D eigenvalue weighted by Gasteiger charge is -2.22. The number of aromatic nitrogens is 2. The maximum Gasteiger partial charge on any atom is 0.344 e. The van der Waals surface area contributed by atoms with Crippen molar-refractivity contribution in [1.82, 2.24) is 25.3 Å². The molecule has 0 saturated carbocycles. The van der Waals surface area contributed by atoms with Crippen LogP contribution in [0.3, 0.4) is 0 Å². The Morgan fingerprint density at radius 2 is 1.92 bits per heavy atom. The summed E-state index contributed by atoms with van der Waals surface area (Å²) in [5.74, 6) is -1.29.